The molecule has 2 heterocycles. The maximum Gasteiger partial charge on any atom is 0.298 e. The van der Waals surface area contributed by atoms with Gasteiger partial charge in [-0.3, -0.25) is 4.79 Å². The summed E-state index contributed by atoms with van der Waals surface area (Å²) in [4.78, 5) is 22.3. The molecule has 0 saturated carbocycles. The Bertz CT molecular complexity index is 1200. The zero-order valence-corrected chi connectivity index (χ0v) is 15.3. The lowest BCUT2D eigenvalue weighted by Crippen LogP contribution is -2.17. The van der Waals surface area contributed by atoms with Gasteiger partial charge in [0.05, 0.1) is 13.3 Å². The van der Waals surface area contributed by atoms with Crippen LogP contribution in [0.4, 0.5) is 5.69 Å². The molecule has 136 valence electrons. The van der Waals surface area contributed by atoms with Gasteiger partial charge in [-0.2, -0.15) is 9.78 Å². The minimum atomic E-state index is -0.253. The lowest BCUT2D eigenvalue weighted by atomic mass is 10.2. The molecule has 7 nitrogen and oxygen atoms in total. The molecule has 0 unspecified atom stereocenters. The number of anilines is 1. The quantitative estimate of drug-likeness (QED) is 0.567. The van der Waals surface area contributed by atoms with E-state index in [1.54, 1.807) is 13.3 Å². The fourth-order valence-corrected chi connectivity index (χ4v) is 2.92. The molecule has 4 rings (SSSR count). The molecule has 0 aliphatic heterocycles. The minimum absolute atomic E-state index is 0.253. The van der Waals surface area contributed by atoms with Crippen molar-refractivity contribution in [2.75, 3.05) is 26.1 Å². The van der Waals surface area contributed by atoms with E-state index < -0.39 is 0 Å². The van der Waals surface area contributed by atoms with Gasteiger partial charge in [0.2, 0.25) is 0 Å². The molecule has 0 amide bonds. The van der Waals surface area contributed by atoms with Crippen LogP contribution >= 0.6 is 0 Å². The molecule has 0 aliphatic rings. The number of fused-ring (bicyclic) bond motifs is 3. The van der Waals surface area contributed by atoms with Crippen LogP contribution in [0.1, 0.15) is 5.56 Å². The Labute approximate surface area is 155 Å². The summed E-state index contributed by atoms with van der Waals surface area (Å²) in [7, 11) is 5.58. The minimum Gasteiger partial charge on any atom is -0.497 e. The van der Waals surface area contributed by atoms with Crippen molar-refractivity contribution in [3.8, 4) is 5.75 Å². The summed E-state index contributed by atoms with van der Waals surface area (Å²) in [6, 6.07) is 13.5. The van der Waals surface area contributed by atoms with Gasteiger partial charge >= 0.3 is 0 Å². The lowest BCUT2D eigenvalue weighted by Gasteiger charge is -2.11. The highest BCUT2D eigenvalue weighted by Crippen LogP contribution is 2.25. The van der Waals surface area contributed by atoms with Crippen molar-refractivity contribution in [2.45, 2.75) is 0 Å². The summed E-state index contributed by atoms with van der Waals surface area (Å²) in [5, 5.41) is 5.11. The van der Waals surface area contributed by atoms with Crippen LogP contribution in [0.2, 0.25) is 0 Å². The maximum atomic E-state index is 12.8. The SMILES string of the molecule is COc1ccc2[nH]c3c(=O)n(N=Cc4ccc(N(C)C)cc4)cnc3c2c1. The Kier molecular flexibility index (Phi) is 4.12. The molecule has 4 aromatic rings. The van der Waals surface area contributed by atoms with E-state index in [1.165, 1.54) is 11.0 Å². The summed E-state index contributed by atoms with van der Waals surface area (Å²) in [5.41, 5.74) is 3.60. The number of ether oxygens (including phenoxy) is 1. The second kappa shape index (κ2) is 6.60. The summed E-state index contributed by atoms with van der Waals surface area (Å²) in [6.45, 7) is 0. The second-order valence-electron chi connectivity index (χ2n) is 6.38. The average Bonchev–Trinajstić information content (AvgIpc) is 3.06. The molecule has 0 radical (unpaired) electrons. The molecule has 0 aliphatic carbocycles. The van der Waals surface area contributed by atoms with Crippen LogP contribution in [0.3, 0.4) is 0 Å². The number of nitrogens with one attached hydrogen (secondary N) is 1. The van der Waals surface area contributed by atoms with Gasteiger partial charge in [0.1, 0.15) is 23.1 Å². The van der Waals surface area contributed by atoms with E-state index in [9.17, 15) is 4.79 Å². The van der Waals surface area contributed by atoms with E-state index in [2.05, 4.69) is 15.1 Å². The van der Waals surface area contributed by atoms with E-state index >= 15 is 0 Å². The van der Waals surface area contributed by atoms with Crippen molar-refractivity contribution in [1.29, 1.82) is 0 Å². The van der Waals surface area contributed by atoms with Gasteiger partial charge in [-0.05, 0) is 35.9 Å². The zero-order valence-electron chi connectivity index (χ0n) is 15.3. The summed E-state index contributed by atoms with van der Waals surface area (Å²) in [6.07, 6.45) is 3.07. The molecule has 0 saturated heterocycles. The lowest BCUT2D eigenvalue weighted by molar-refractivity contribution is 0.415. The molecular formula is C20H19N5O2. The highest BCUT2D eigenvalue weighted by Gasteiger charge is 2.11. The Balaban J connectivity index is 1.73. The highest BCUT2D eigenvalue weighted by atomic mass is 16.5. The Morgan fingerprint density at radius 2 is 1.96 bits per heavy atom. The molecule has 2 aromatic carbocycles. The standard InChI is InChI=1S/C20H19N5O2/c1-24(2)14-6-4-13(5-7-14)11-22-25-12-21-18-16-10-15(27-3)8-9-17(16)23-19(18)20(25)26/h4-12,23H,1-3H3. The molecule has 0 fully saturated rings. The van der Waals surface area contributed by atoms with Crippen LogP contribution in [0.25, 0.3) is 21.9 Å². The number of nitrogens with zero attached hydrogens (tertiary/aromatic N) is 4. The van der Waals surface area contributed by atoms with Gasteiger partial charge in [0, 0.05) is 30.7 Å². The molecule has 0 spiro atoms. The van der Waals surface area contributed by atoms with Gasteiger partial charge < -0.3 is 14.6 Å². The van der Waals surface area contributed by atoms with Gasteiger partial charge in [-0.25, -0.2) is 4.98 Å². The van der Waals surface area contributed by atoms with Crippen molar-refractivity contribution < 1.29 is 4.74 Å². The average molecular weight is 361 g/mol. The number of aromatic amines is 1. The van der Waals surface area contributed by atoms with Gasteiger partial charge in [-0.1, -0.05) is 12.1 Å². The monoisotopic (exact) mass is 361 g/mol. The third kappa shape index (κ3) is 3.03. The third-order valence-corrected chi connectivity index (χ3v) is 4.44. The molecule has 0 atom stereocenters. The predicted octanol–water partition coefficient (Wildman–Crippen LogP) is 2.83. The predicted molar refractivity (Wildman–Crippen MR) is 108 cm³/mol. The normalized spacial score (nSPS) is 11.5. The van der Waals surface area contributed by atoms with E-state index in [4.69, 9.17) is 4.74 Å². The molecule has 27 heavy (non-hydrogen) atoms. The van der Waals surface area contributed by atoms with E-state index in [0.717, 1.165) is 22.2 Å². The first kappa shape index (κ1) is 16.8. The number of H-pyrrole nitrogens is 1. The van der Waals surface area contributed by atoms with Crippen molar-refractivity contribution in [3.63, 3.8) is 0 Å². The number of methoxy groups -OCH3 is 1. The summed E-state index contributed by atoms with van der Waals surface area (Å²) in [5.74, 6) is 0.716. The van der Waals surface area contributed by atoms with Gasteiger partial charge in [-0.15, -0.1) is 0 Å². The third-order valence-electron chi connectivity index (χ3n) is 4.44. The summed E-state index contributed by atoms with van der Waals surface area (Å²) >= 11 is 0. The van der Waals surface area contributed by atoms with Crippen molar-refractivity contribution in [3.05, 3.63) is 64.7 Å². The second-order valence-corrected chi connectivity index (χ2v) is 6.38. The fraction of sp³-hybridized carbons (Fsp3) is 0.150. The molecule has 2 aromatic heterocycles. The summed E-state index contributed by atoms with van der Waals surface area (Å²) < 4.78 is 6.48. The number of rotatable bonds is 4. The first-order chi connectivity index (χ1) is 13.1. The Morgan fingerprint density at radius 1 is 1.19 bits per heavy atom. The molecule has 1 N–H and O–H groups in total. The van der Waals surface area contributed by atoms with Gasteiger partial charge in [0.25, 0.3) is 5.56 Å². The smallest absolute Gasteiger partial charge is 0.298 e. The fourth-order valence-electron chi connectivity index (χ4n) is 2.92. The van der Waals surface area contributed by atoms with Crippen LogP contribution < -0.4 is 15.2 Å². The zero-order chi connectivity index (χ0) is 19.0. The van der Waals surface area contributed by atoms with Crippen LogP contribution in [0.5, 0.6) is 5.75 Å². The van der Waals surface area contributed by atoms with Crippen molar-refractivity contribution in [2.24, 2.45) is 5.10 Å². The first-order valence-corrected chi connectivity index (χ1v) is 8.45. The first-order valence-electron chi connectivity index (χ1n) is 8.45. The maximum absolute atomic E-state index is 12.8. The molecule has 0 bridgehead atoms. The van der Waals surface area contributed by atoms with E-state index in [0.29, 0.717) is 16.8 Å². The van der Waals surface area contributed by atoms with Crippen LogP contribution in [0.15, 0.2) is 58.7 Å². The largest absolute Gasteiger partial charge is 0.497 e. The topological polar surface area (TPSA) is 75.5 Å². The number of aromatic nitrogens is 3. The van der Waals surface area contributed by atoms with Crippen LogP contribution in [-0.4, -0.2) is 42.1 Å². The highest BCUT2D eigenvalue weighted by molar-refractivity contribution is 6.04. The molecular weight excluding hydrogens is 342 g/mol. The number of benzene rings is 2. The van der Waals surface area contributed by atoms with E-state index in [1.807, 2.05) is 61.5 Å². The Morgan fingerprint density at radius 3 is 2.67 bits per heavy atom. The Hall–Kier alpha value is -3.61. The number of hydrogen-bond donors (Lipinski definition) is 1. The van der Waals surface area contributed by atoms with Crippen molar-refractivity contribution in [1.82, 2.24) is 14.6 Å². The van der Waals surface area contributed by atoms with Crippen LogP contribution in [-0.2, 0) is 0 Å². The molecule has 7 heteroatoms. The van der Waals surface area contributed by atoms with E-state index in [-0.39, 0.29) is 5.56 Å². The number of hydrogen-bond acceptors (Lipinski definition) is 5. The van der Waals surface area contributed by atoms with Crippen LogP contribution in [0, 0.1) is 0 Å². The van der Waals surface area contributed by atoms with Gasteiger partial charge in [0.15, 0.2) is 0 Å². The van der Waals surface area contributed by atoms with Crippen molar-refractivity contribution >= 4 is 33.8 Å².